The number of pyridine rings is 1. The molecule has 9 nitrogen and oxygen atoms in total. The SMILES string of the molecule is COc1cc2c(cc1Oc1ccnc(C(=O)NCCN3CCCC3)c1)nc(Nc1ccc(Cl)cc1)n2C. The number of carbonyl (C=O) groups is 1. The number of aryl methyl sites for hydroxylation is 1. The number of nitrogens with one attached hydrogen (secondary N) is 2. The maximum Gasteiger partial charge on any atom is 0.270 e. The Labute approximate surface area is 220 Å². The molecule has 0 aliphatic carbocycles. The number of nitrogens with zero attached hydrogens (tertiary/aromatic N) is 4. The van der Waals surface area contributed by atoms with E-state index in [1.54, 1.807) is 25.4 Å². The van der Waals surface area contributed by atoms with E-state index in [0.717, 1.165) is 36.4 Å². The average molecular weight is 521 g/mol. The third-order valence-electron chi connectivity index (χ3n) is 6.37. The molecule has 2 aromatic carbocycles. The fraction of sp³-hybridized carbons (Fsp3) is 0.296. The number of halogens is 1. The molecule has 3 heterocycles. The molecule has 0 unspecified atom stereocenters. The third-order valence-corrected chi connectivity index (χ3v) is 6.62. The monoisotopic (exact) mass is 520 g/mol. The Morgan fingerprint density at radius 2 is 1.86 bits per heavy atom. The number of methoxy groups -OCH3 is 1. The van der Waals surface area contributed by atoms with Crippen molar-refractivity contribution in [1.82, 2.24) is 24.8 Å². The zero-order valence-corrected chi connectivity index (χ0v) is 21.6. The van der Waals surface area contributed by atoms with Crippen molar-refractivity contribution in [3.63, 3.8) is 0 Å². The number of anilines is 2. The largest absolute Gasteiger partial charge is 0.493 e. The minimum atomic E-state index is -0.227. The first kappa shape index (κ1) is 24.9. The Kier molecular flexibility index (Phi) is 7.43. The number of hydrogen-bond donors (Lipinski definition) is 2. The van der Waals surface area contributed by atoms with Crippen LogP contribution in [0.3, 0.4) is 0 Å². The van der Waals surface area contributed by atoms with Gasteiger partial charge in [-0.25, -0.2) is 4.98 Å². The van der Waals surface area contributed by atoms with E-state index in [4.69, 9.17) is 26.1 Å². The average Bonchev–Trinajstić information content (AvgIpc) is 3.53. The molecule has 1 aliphatic rings. The molecule has 0 saturated carbocycles. The highest BCUT2D eigenvalue weighted by molar-refractivity contribution is 6.30. The van der Waals surface area contributed by atoms with Gasteiger partial charge in [0.15, 0.2) is 11.5 Å². The Balaban J connectivity index is 1.32. The topological polar surface area (TPSA) is 93.5 Å². The number of rotatable bonds is 9. The molecule has 5 rings (SSSR count). The molecule has 1 amide bonds. The second-order valence-corrected chi connectivity index (χ2v) is 9.34. The summed E-state index contributed by atoms with van der Waals surface area (Å²) in [7, 11) is 3.51. The van der Waals surface area contributed by atoms with E-state index in [2.05, 4.69) is 20.5 Å². The van der Waals surface area contributed by atoms with Crippen LogP contribution in [-0.4, -0.2) is 58.6 Å². The lowest BCUT2D eigenvalue weighted by molar-refractivity contribution is 0.0944. The summed E-state index contributed by atoms with van der Waals surface area (Å²) in [6, 6.07) is 14.4. The maximum atomic E-state index is 12.6. The second kappa shape index (κ2) is 11.1. The maximum absolute atomic E-state index is 12.6. The number of hydrogen-bond acceptors (Lipinski definition) is 7. The summed E-state index contributed by atoms with van der Waals surface area (Å²) >= 11 is 6.00. The first-order valence-corrected chi connectivity index (χ1v) is 12.6. The van der Waals surface area contributed by atoms with E-state index in [0.29, 0.717) is 40.5 Å². The molecule has 1 aliphatic heterocycles. The van der Waals surface area contributed by atoms with E-state index >= 15 is 0 Å². The smallest absolute Gasteiger partial charge is 0.270 e. The molecule has 10 heteroatoms. The number of ether oxygens (including phenoxy) is 2. The fourth-order valence-corrected chi connectivity index (χ4v) is 4.49. The minimum absolute atomic E-state index is 0.227. The van der Waals surface area contributed by atoms with Gasteiger partial charge >= 0.3 is 0 Å². The van der Waals surface area contributed by atoms with Crippen LogP contribution in [-0.2, 0) is 7.05 Å². The Morgan fingerprint density at radius 3 is 2.62 bits per heavy atom. The molecule has 0 bridgehead atoms. The molecule has 1 fully saturated rings. The summed E-state index contributed by atoms with van der Waals surface area (Å²) in [4.78, 5) is 23.9. The number of fused-ring (bicyclic) bond motifs is 1. The van der Waals surface area contributed by atoms with Crippen molar-refractivity contribution in [3.8, 4) is 17.2 Å². The summed E-state index contributed by atoms with van der Waals surface area (Å²) in [5.74, 6) is 1.94. The predicted molar refractivity (Wildman–Crippen MR) is 144 cm³/mol. The lowest BCUT2D eigenvalue weighted by Gasteiger charge is -2.14. The van der Waals surface area contributed by atoms with E-state index in [9.17, 15) is 4.79 Å². The molecular formula is C27H29ClN6O3. The second-order valence-electron chi connectivity index (χ2n) is 8.90. The number of likely N-dealkylation sites (tertiary alicyclic amines) is 1. The lowest BCUT2D eigenvalue weighted by atomic mass is 10.2. The van der Waals surface area contributed by atoms with Gasteiger partial charge in [-0.2, -0.15) is 0 Å². The number of imidazole rings is 1. The Bertz CT molecular complexity index is 1400. The Morgan fingerprint density at radius 1 is 1.08 bits per heavy atom. The normalized spacial score (nSPS) is 13.6. The van der Waals surface area contributed by atoms with Crippen LogP contribution in [0.2, 0.25) is 5.02 Å². The van der Waals surface area contributed by atoms with Crippen molar-refractivity contribution in [2.75, 3.05) is 38.6 Å². The van der Waals surface area contributed by atoms with Crippen molar-refractivity contribution >= 4 is 40.2 Å². The van der Waals surface area contributed by atoms with Gasteiger partial charge in [0.05, 0.1) is 18.1 Å². The molecular weight excluding hydrogens is 492 g/mol. The van der Waals surface area contributed by atoms with Gasteiger partial charge in [0.2, 0.25) is 5.95 Å². The summed E-state index contributed by atoms with van der Waals surface area (Å²) in [5, 5.41) is 6.92. The van der Waals surface area contributed by atoms with Gasteiger partial charge in [-0.3, -0.25) is 9.78 Å². The lowest BCUT2D eigenvalue weighted by Crippen LogP contribution is -2.33. The molecule has 37 heavy (non-hydrogen) atoms. The molecule has 4 aromatic rings. The highest BCUT2D eigenvalue weighted by Crippen LogP contribution is 2.36. The summed E-state index contributed by atoms with van der Waals surface area (Å²) in [6.45, 7) is 3.62. The first-order valence-electron chi connectivity index (χ1n) is 12.2. The molecule has 0 atom stereocenters. The quantitative estimate of drug-likeness (QED) is 0.321. The van der Waals surface area contributed by atoms with Gasteiger partial charge in [-0.1, -0.05) is 11.6 Å². The van der Waals surface area contributed by atoms with Crippen LogP contribution in [0.5, 0.6) is 17.2 Å². The molecule has 2 aromatic heterocycles. The van der Waals surface area contributed by atoms with Gasteiger partial charge in [-0.15, -0.1) is 0 Å². The van der Waals surface area contributed by atoms with Crippen molar-refractivity contribution in [3.05, 3.63) is 65.4 Å². The van der Waals surface area contributed by atoms with Crippen molar-refractivity contribution < 1.29 is 14.3 Å². The van der Waals surface area contributed by atoms with Gasteiger partial charge in [-0.05, 0) is 56.3 Å². The van der Waals surface area contributed by atoms with Crippen LogP contribution >= 0.6 is 11.6 Å². The number of carbonyl (C=O) groups excluding carboxylic acids is 1. The predicted octanol–water partition coefficient (Wildman–Crippen LogP) is 4.99. The van der Waals surface area contributed by atoms with E-state index in [1.807, 2.05) is 48.0 Å². The zero-order chi connectivity index (χ0) is 25.8. The van der Waals surface area contributed by atoms with Crippen LogP contribution in [0, 0.1) is 0 Å². The van der Waals surface area contributed by atoms with E-state index in [1.165, 1.54) is 12.8 Å². The van der Waals surface area contributed by atoms with Crippen LogP contribution in [0.1, 0.15) is 23.3 Å². The van der Waals surface area contributed by atoms with Crippen LogP contribution in [0.15, 0.2) is 54.7 Å². The van der Waals surface area contributed by atoms with Crippen molar-refractivity contribution in [1.29, 1.82) is 0 Å². The first-order chi connectivity index (χ1) is 18.0. The Hall–Kier alpha value is -3.82. The highest BCUT2D eigenvalue weighted by Gasteiger charge is 2.16. The van der Waals surface area contributed by atoms with E-state index < -0.39 is 0 Å². The number of benzene rings is 2. The van der Waals surface area contributed by atoms with Crippen molar-refractivity contribution in [2.24, 2.45) is 7.05 Å². The zero-order valence-electron chi connectivity index (χ0n) is 20.8. The summed E-state index contributed by atoms with van der Waals surface area (Å²) in [5.41, 5.74) is 2.76. The molecule has 1 saturated heterocycles. The standard InChI is InChI=1S/C27H29ClN6O3/c1-33-23-17-24(36-2)25(16-21(23)32-27(33)31-19-7-5-18(28)6-8-19)37-20-9-10-29-22(15-20)26(35)30-11-14-34-12-3-4-13-34/h5-10,15-17H,3-4,11-14H2,1-2H3,(H,30,35)(H,31,32). The number of aromatic nitrogens is 3. The molecule has 192 valence electrons. The molecule has 2 N–H and O–H groups in total. The third kappa shape index (κ3) is 5.79. The fourth-order valence-electron chi connectivity index (χ4n) is 4.36. The van der Waals surface area contributed by atoms with Gasteiger partial charge in [0.1, 0.15) is 11.4 Å². The van der Waals surface area contributed by atoms with Crippen molar-refractivity contribution in [2.45, 2.75) is 12.8 Å². The number of amides is 1. The molecule has 0 spiro atoms. The molecule has 0 radical (unpaired) electrons. The van der Waals surface area contributed by atoms with Crippen LogP contribution in [0.4, 0.5) is 11.6 Å². The van der Waals surface area contributed by atoms with Gasteiger partial charge < -0.3 is 29.6 Å². The highest BCUT2D eigenvalue weighted by atomic mass is 35.5. The summed E-state index contributed by atoms with van der Waals surface area (Å²) in [6.07, 6.45) is 4.01. The van der Waals surface area contributed by atoms with Gasteiger partial charge in [0.25, 0.3) is 5.91 Å². The minimum Gasteiger partial charge on any atom is -0.493 e. The summed E-state index contributed by atoms with van der Waals surface area (Å²) < 4.78 is 13.7. The van der Waals surface area contributed by atoms with Gasteiger partial charge in [0, 0.05) is 55.2 Å². The van der Waals surface area contributed by atoms with Crippen LogP contribution < -0.4 is 20.1 Å². The van der Waals surface area contributed by atoms with Crippen LogP contribution in [0.25, 0.3) is 11.0 Å². The van der Waals surface area contributed by atoms with E-state index in [-0.39, 0.29) is 5.91 Å².